The monoisotopic (exact) mass is 300 g/mol. The quantitative estimate of drug-likeness (QED) is 0.926. The molecule has 6 heteroatoms. The highest BCUT2D eigenvalue weighted by atomic mass is 32.2. The molecule has 2 unspecified atom stereocenters. The zero-order valence-corrected chi connectivity index (χ0v) is 13.1. The Balaban J connectivity index is 2.20. The third kappa shape index (κ3) is 3.24. The molecule has 0 radical (unpaired) electrons. The second kappa shape index (κ2) is 5.73. The molecular weight excluding hydrogens is 280 g/mol. The van der Waals surface area contributed by atoms with Crippen LogP contribution < -0.4 is 5.32 Å². The summed E-state index contributed by atoms with van der Waals surface area (Å²) in [6, 6.07) is 7.47. The summed E-state index contributed by atoms with van der Waals surface area (Å²) in [5.74, 6) is 1.16. The molecule has 106 valence electrons. The van der Waals surface area contributed by atoms with Gasteiger partial charge in [0.15, 0.2) is 0 Å². The Morgan fingerprint density at radius 1 is 1.37 bits per heavy atom. The standard InChI is InChI=1S/C13H20N2O2S2/c1-10-13(7-8-18-10)14-11-5-4-6-12(9-11)19(16,17)15(2)3/h4-6,9-10,13-14H,7-8H2,1-3H3. The molecule has 1 heterocycles. The molecule has 0 saturated carbocycles. The van der Waals surface area contributed by atoms with Crippen molar-refractivity contribution in [2.24, 2.45) is 0 Å². The normalized spacial score (nSPS) is 23.8. The molecule has 0 aliphatic carbocycles. The lowest BCUT2D eigenvalue weighted by atomic mass is 10.1. The van der Waals surface area contributed by atoms with E-state index in [-0.39, 0.29) is 0 Å². The number of hydrogen-bond donors (Lipinski definition) is 1. The van der Waals surface area contributed by atoms with E-state index in [9.17, 15) is 8.42 Å². The highest BCUT2D eigenvalue weighted by Crippen LogP contribution is 2.29. The predicted molar refractivity (Wildman–Crippen MR) is 81.3 cm³/mol. The van der Waals surface area contributed by atoms with Crippen LogP contribution in [0.15, 0.2) is 29.2 Å². The van der Waals surface area contributed by atoms with Crippen molar-refractivity contribution >= 4 is 27.5 Å². The van der Waals surface area contributed by atoms with Crippen molar-refractivity contribution in [2.75, 3.05) is 25.2 Å². The molecule has 2 atom stereocenters. The van der Waals surface area contributed by atoms with Gasteiger partial charge in [-0.1, -0.05) is 13.0 Å². The lowest BCUT2D eigenvalue weighted by Gasteiger charge is -2.19. The lowest BCUT2D eigenvalue weighted by Crippen LogP contribution is -2.25. The Morgan fingerprint density at radius 2 is 2.11 bits per heavy atom. The Bertz CT molecular complexity index is 543. The van der Waals surface area contributed by atoms with Crippen LogP contribution in [-0.4, -0.2) is 43.9 Å². The lowest BCUT2D eigenvalue weighted by molar-refractivity contribution is 0.521. The van der Waals surface area contributed by atoms with E-state index in [4.69, 9.17) is 0 Å². The van der Waals surface area contributed by atoms with Crippen LogP contribution in [0.1, 0.15) is 13.3 Å². The maximum absolute atomic E-state index is 12.1. The summed E-state index contributed by atoms with van der Waals surface area (Å²) in [4.78, 5) is 0.334. The second-order valence-electron chi connectivity index (χ2n) is 4.93. The highest BCUT2D eigenvalue weighted by molar-refractivity contribution is 8.00. The van der Waals surface area contributed by atoms with Gasteiger partial charge < -0.3 is 5.32 Å². The van der Waals surface area contributed by atoms with Crippen LogP contribution >= 0.6 is 11.8 Å². The second-order valence-corrected chi connectivity index (χ2v) is 8.57. The largest absolute Gasteiger partial charge is 0.381 e. The Hall–Kier alpha value is -0.720. The van der Waals surface area contributed by atoms with Crippen LogP contribution in [0.2, 0.25) is 0 Å². The number of thioether (sulfide) groups is 1. The summed E-state index contributed by atoms with van der Waals surface area (Å²) in [5.41, 5.74) is 0.877. The first-order chi connectivity index (χ1) is 8.91. The average Bonchev–Trinajstić information content (AvgIpc) is 2.75. The van der Waals surface area contributed by atoms with Gasteiger partial charge >= 0.3 is 0 Å². The van der Waals surface area contributed by atoms with Gasteiger partial charge in [0.25, 0.3) is 0 Å². The number of rotatable bonds is 4. The molecule has 0 amide bonds. The fourth-order valence-corrected chi connectivity index (χ4v) is 4.24. The molecule has 0 bridgehead atoms. The van der Waals surface area contributed by atoms with Gasteiger partial charge in [-0.05, 0) is 30.4 Å². The van der Waals surface area contributed by atoms with E-state index in [2.05, 4.69) is 12.2 Å². The van der Waals surface area contributed by atoms with Gasteiger partial charge in [-0.25, -0.2) is 12.7 Å². The third-order valence-electron chi connectivity index (χ3n) is 3.34. The molecular formula is C13H20N2O2S2. The molecule has 2 rings (SSSR count). The summed E-state index contributed by atoms with van der Waals surface area (Å²) in [7, 11) is -0.265. The van der Waals surface area contributed by atoms with Crippen LogP contribution in [0.4, 0.5) is 5.69 Å². The number of hydrogen-bond acceptors (Lipinski definition) is 4. The topological polar surface area (TPSA) is 49.4 Å². The Labute approximate surface area is 119 Å². The molecule has 1 N–H and O–H groups in total. The Morgan fingerprint density at radius 3 is 2.68 bits per heavy atom. The fourth-order valence-electron chi connectivity index (χ4n) is 2.09. The highest BCUT2D eigenvalue weighted by Gasteiger charge is 2.24. The minimum atomic E-state index is -3.36. The number of nitrogens with zero attached hydrogens (tertiary/aromatic N) is 1. The molecule has 1 fully saturated rings. The first-order valence-electron chi connectivity index (χ1n) is 6.32. The maximum atomic E-state index is 12.1. The van der Waals surface area contributed by atoms with Crippen molar-refractivity contribution in [1.82, 2.24) is 4.31 Å². The van der Waals surface area contributed by atoms with Crippen molar-refractivity contribution in [3.8, 4) is 0 Å². The van der Waals surface area contributed by atoms with Crippen LogP contribution in [0.5, 0.6) is 0 Å². The number of sulfonamides is 1. The smallest absolute Gasteiger partial charge is 0.242 e. The van der Waals surface area contributed by atoms with Gasteiger partial charge in [-0.2, -0.15) is 11.8 Å². The van der Waals surface area contributed by atoms with Gasteiger partial charge in [0.1, 0.15) is 0 Å². The van der Waals surface area contributed by atoms with E-state index in [1.807, 2.05) is 17.8 Å². The SMILES string of the molecule is CC1SCCC1Nc1cccc(S(=O)(=O)N(C)C)c1. The molecule has 0 aromatic heterocycles. The summed E-state index contributed by atoms with van der Waals surface area (Å²) < 4.78 is 25.4. The molecule has 1 saturated heterocycles. The van der Waals surface area contributed by atoms with Gasteiger partial charge in [0, 0.05) is 31.1 Å². The molecule has 4 nitrogen and oxygen atoms in total. The molecule has 1 aliphatic rings. The van der Waals surface area contributed by atoms with Gasteiger partial charge in [0.2, 0.25) is 10.0 Å². The first kappa shape index (κ1) is 14.7. The molecule has 0 spiro atoms. The van der Waals surface area contributed by atoms with E-state index in [1.165, 1.54) is 4.31 Å². The van der Waals surface area contributed by atoms with Crippen LogP contribution in [0, 0.1) is 0 Å². The summed E-state index contributed by atoms with van der Waals surface area (Å²) in [5, 5.41) is 4.00. The van der Waals surface area contributed by atoms with Crippen molar-refractivity contribution in [3.63, 3.8) is 0 Å². The van der Waals surface area contributed by atoms with E-state index in [0.29, 0.717) is 16.2 Å². The molecule has 1 aromatic rings. The van der Waals surface area contributed by atoms with Crippen molar-refractivity contribution < 1.29 is 8.42 Å². The van der Waals surface area contributed by atoms with Crippen molar-refractivity contribution in [1.29, 1.82) is 0 Å². The van der Waals surface area contributed by atoms with Gasteiger partial charge in [-0.3, -0.25) is 0 Å². The molecule has 1 aromatic carbocycles. The van der Waals surface area contributed by atoms with Crippen molar-refractivity contribution in [3.05, 3.63) is 24.3 Å². The van der Waals surface area contributed by atoms with Crippen molar-refractivity contribution in [2.45, 2.75) is 29.5 Å². The van der Waals surface area contributed by atoms with E-state index in [0.717, 1.165) is 17.9 Å². The summed E-state index contributed by atoms with van der Waals surface area (Å²) in [6.45, 7) is 2.20. The van der Waals surface area contributed by atoms with Crippen LogP contribution in [0.25, 0.3) is 0 Å². The number of nitrogens with one attached hydrogen (secondary N) is 1. The predicted octanol–water partition coefficient (Wildman–Crippen LogP) is 2.24. The number of benzene rings is 1. The molecule has 19 heavy (non-hydrogen) atoms. The maximum Gasteiger partial charge on any atom is 0.242 e. The summed E-state index contributed by atoms with van der Waals surface area (Å²) in [6.07, 6.45) is 1.12. The third-order valence-corrected chi connectivity index (χ3v) is 6.48. The van der Waals surface area contributed by atoms with Gasteiger partial charge in [0.05, 0.1) is 4.90 Å². The number of anilines is 1. The zero-order chi connectivity index (χ0) is 14.0. The minimum absolute atomic E-state index is 0.334. The Kier molecular flexibility index (Phi) is 4.43. The van der Waals surface area contributed by atoms with E-state index in [1.54, 1.807) is 32.3 Å². The fraction of sp³-hybridized carbons (Fsp3) is 0.538. The first-order valence-corrected chi connectivity index (χ1v) is 8.81. The van der Waals surface area contributed by atoms with Crippen LogP contribution in [-0.2, 0) is 10.0 Å². The average molecular weight is 300 g/mol. The van der Waals surface area contributed by atoms with Crippen LogP contribution in [0.3, 0.4) is 0 Å². The van der Waals surface area contributed by atoms with E-state index < -0.39 is 10.0 Å². The minimum Gasteiger partial charge on any atom is -0.381 e. The molecule has 1 aliphatic heterocycles. The summed E-state index contributed by atoms with van der Waals surface area (Å²) >= 11 is 1.95. The zero-order valence-electron chi connectivity index (χ0n) is 11.5. The van der Waals surface area contributed by atoms with E-state index >= 15 is 0 Å². The van der Waals surface area contributed by atoms with Gasteiger partial charge in [-0.15, -0.1) is 0 Å².